The van der Waals surface area contributed by atoms with Crippen LogP contribution in [0.2, 0.25) is 0 Å². The minimum absolute atomic E-state index is 0.436. The summed E-state index contributed by atoms with van der Waals surface area (Å²) in [6, 6.07) is 3.67. The average Bonchev–Trinajstić information content (AvgIpc) is 2.38. The minimum atomic E-state index is -1.41. The summed E-state index contributed by atoms with van der Waals surface area (Å²) in [5, 5.41) is 22.2. The first-order valence-corrected chi connectivity index (χ1v) is 7.14. The molecule has 1 saturated heterocycles. The molecule has 1 fully saturated rings. The zero-order valence-electron chi connectivity index (χ0n) is 11.8. The van der Waals surface area contributed by atoms with E-state index in [1.807, 2.05) is 12.1 Å². The molecule has 2 heterocycles. The van der Waals surface area contributed by atoms with Crippen molar-refractivity contribution in [2.24, 2.45) is 5.92 Å². The van der Waals surface area contributed by atoms with E-state index in [4.69, 9.17) is 4.98 Å². The molecule has 1 aromatic heterocycles. The second-order valence-corrected chi connectivity index (χ2v) is 5.81. The van der Waals surface area contributed by atoms with E-state index < -0.39 is 7.12 Å². The molecule has 19 heavy (non-hydrogen) atoms. The van der Waals surface area contributed by atoms with Gasteiger partial charge in [0, 0.05) is 17.3 Å². The van der Waals surface area contributed by atoms with E-state index in [0.29, 0.717) is 17.3 Å². The highest BCUT2D eigenvalue weighted by atomic mass is 16.4. The molecule has 0 aromatic carbocycles. The van der Waals surface area contributed by atoms with E-state index in [1.54, 1.807) is 0 Å². The van der Waals surface area contributed by atoms with Gasteiger partial charge in [0.15, 0.2) is 0 Å². The van der Waals surface area contributed by atoms with E-state index in [1.165, 1.54) is 0 Å². The Hall–Kier alpha value is -0.905. The van der Waals surface area contributed by atoms with Gasteiger partial charge in [-0.15, -0.1) is 0 Å². The second kappa shape index (κ2) is 6.50. The van der Waals surface area contributed by atoms with E-state index in [0.717, 1.165) is 43.7 Å². The summed E-state index contributed by atoms with van der Waals surface area (Å²) in [5.74, 6) is 0.949. The van der Waals surface area contributed by atoms with Crippen LogP contribution in [0.25, 0.3) is 0 Å². The van der Waals surface area contributed by atoms with Crippen LogP contribution < -0.4 is 10.8 Å². The number of hydrogen-bond acceptors (Lipinski definition) is 4. The molecule has 0 atom stereocenters. The van der Waals surface area contributed by atoms with Crippen LogP contribution in [0.4, 0.5) is 0 Å². The molecule has 3 N–H and O–H groups in total. The predicted octanol–water partition coefficient (Wildman–Crippen LogP) is 0.427. The monoisotopic (exact) mass is 262 g/mol. The lowest BCUT2D eigenvalue weighted by molar-refractivity contribution is 0.424. The van der Waals surface area contributed by atoms with Crippen molar-refractivity contribution in [3.63, 3.8) is 0 Å². The van der Waals surface area contributed by atoms with Gasteiger partial charge in [-0.05, 0) is 55.9 Å². The van der Waals surface area contributed by atoms with Crippen molar-refractivity contribution in [2.75, 3.05) is 13.1 Å². The summed E-state index contributed by atoms with van der Waals surface area (Å²) < 4.78 is 0. The number of hydrogen-bond donors (Lipinski definition) is 3. The first-order chi connectivity index (χ1) is 9.06. The molecular formula is C14H23BN2O2. The van der Waals surface area contributed by atoms with Crippen LogP contribution >= 0.6 is 0 Å². The number of aromatic nitrogens is 1. The normalized spacial score (nSPS) is 16.9. The van der Waals surface area contributed by atoms with E-state index in [-0.39, 0.29) is 0 Å². The molecular weight excluding hydrogens is 239 g/mol. The molecule has 1 aromatic rings. The van der Waals surface area contributed by atoms with Crippen molar-refractivity contribution in [3.8, 4) is 0 Å². The highest BCUT2D eigenvalue weighted by Crippen LogP contribution is 2.23. The van der Waals surface area contributed by atoms with Crippen LogP contribution in [-0.4, -0.2) is 35.2 Å². The van der Waals surface area contributed by atoms with Gasteiger partial charge in [-0.2, -0.15) is 0 Å². The van der Waals surface area contributed by atoms with Crippen LogP contribution in [0.1, 0.15) is 44.0 Å². The van der Waals surface area contributed by atoms with Crippen LogP contribution in [0.3, 0.4) is 0 Å². The Balaban J connectivity index is 2.27. The molecule has 0 bridgehead atoms. The molecule has 1 aliphatic rings. The molecule has 0 radical (unpaired) electrons. The zero-order chi connectivity index (χ0) is 13.8. The summed E-state index contributed by atoms with van der Waals surface area (Å²) in [7, 11) is -1.41. The average molecular weight is 262 g/mol. The Morgan fingerprint density at radius 2 is 2.00 bits per heavy atom. The van der Waals surface area contributed by atoms with Gasteiger partial charge in [-0.25, -0.2) is 0 Å². The standard InChI is InChI=1S/C14H23BN2O2/c1-10(2)7-13-8-12(15(18)19)9-14(17-13)11-3-5-16-6-4-11/h8-11,16,18-19H,3-7H2,1-2H3. The highest BCUT2D eigenvalue weighted by Gasteiger charge is 2.20. The van der Waals surface area contributed by atoms with Gasteiger partial charge in [0.25, 0.3) is 0 Å². The zero-order valence-corrected chi connectivity index (χ0v) is 11.8. The number of rotatable bonds is 4. The lowest BCUT2D eigenvalue weighted by atomic mass is 9.78. The maximum Gasteiger partial charge on any atom is 0.488 e. The van der Waals surface area contributed by atoms with Crippen LogP contribution in [-0.2, 0) is 6.42 Å². The fourth-order valence-corrected chi connectivity index (χ4v) is 2.63. The fraction of sp³-hybridized carbons (Fsp3) is 0.643. The number of piperidine rings is 1. The lowest BCUT2D eigenvalue weighted by Crippen LogP contribution is -2.33. The molecule has 0 saturated carbocycles. The number of pyridine rings is 1. The topological polar surface area (TPSA) is 65.4 Å². The van der Waals surface area contributed by atoms with Crippen molar-refractivity contribution >= 4 is 12.6 Å². The van der Waals surface area contributed by atoms with Gasteiger partial charge in [0.1, 0.15) is 0 Å². The predicted molar refractivity (Wildman–Crippen MR) is 77.4 cm³/mol. The van der Waals surface area contributed by atoms with E-state index in [2.05, 4.69) is 19.2 Å². The SMILES string of the molecule is CC(C)Cc1cc(B(O)O)cc(C2CCNCC2)n1. The molecule has 4 nitrogen and oxygen atoms in total. The first-order valence-electron chi connectivity index (χ1n) is 7.14. The third-order valence-electron chi connectivity index (χ3n) is 3.59. The third kappa shape index (κ3) is 4.03. The Morgan fingerprint density at radius 3 is 2.58 bits per heavy atom. The number of nitrogens with zero attached hydrogens (tertiary/aromatic N) is 1. The van der Waals surface area contributed by atoms with Gasteiger partial charge in [0.2, 0.25) is 0 Å². The van der Waals surface area contributed by atoms with E-state index in [9.17, 15) is 10.0 Å². The third-order valence-corrected chi connectivity index (χ3v) is 3.59. The van der Waals surface area contributed by atoms with Gasteiger partial charge in [0.05, 0.1) is 0 Å². The van der Waals surface area contributed by atoms with Crippen molar-refractivity contribution in [1.82, 2.24) is 10.3 Å². The van der Waals surface area contributed by atoms with Gasteiger partial charge in [-0.3, -0.25) is 4.98 Å². The highest BCUT2D eigenvalue weighted by molar-refractivity contribution is 6.58. The van der Waals surface area contributed by atoms with Crippen LogP contribution in [0, 0.1) is 5.92 Å². The Kier molecular flexibility index (Phi) is 4.96. The van der Waals surface area contributed by atoms with Crippen LogP contribution in [0.15, 0.2) is 12.1 Å². The summed E-state index contributed by atoms with van der Waals surface area (Å²) in [4.78, 5) is 4.73. The second-order valence-electron chi connectivity index (χ2n) is 5.81. The first kappa shape index (κ1) is 14.5. The summed E-state index contributed by atoms with van der Waals surface area (Å²) in [6.45, 7) is 6.32. The largest absolute Gasteiger partial charge is 0.488 e. The van der Waals surface area contributed by atoms with Crippen molar-refractivity contribution in [3.05, 3.63) is 23.5 Å². The maximum atomic E-state index is 9.42. The summed E-state index contributed by atoms with van der Waals surface area (Å²) >= 11 is 0. The molecule has 0 unspecified atom stereocenters. The maximum absolute atomic E-state index is 9.42. The quantitative estimate of drug-likeness (QED) is 0.688. The molecule has 1 aliphatic heterocycles. The summed E-state index contributed by atoms with van der Waals surface area (Å²) in [5.41, 5.74) is 2.55. The molecule has 0 amide bonds. The molecule has 5 heteroatoms. The fourth-order valence-electron chi connectivity index (χ4n) is 2.63. The molecule has 0 aliphatic carbocycles. The molecule has 104 valence electrons. The Bertz CT molecular complexity index is 418. The van der Waals surface area contributed by atoms with Crippen LogP contribution in [0.5, 0.6) is 0 Å². The number of nitrogens with one attached hydrogen (secondary N) is 1. The van der Waals surface area contributed by atoms with Gasteiger partial charge < -0.3 is 15.4 Å². The van der Waals surface area contributed by atoms with Crippen molar-refractivity contribution in [2.45, 2.75) is 39.0 Å². The smallest absolute Gasteiger partial charge is 0.423 e. The van der Waals surface area contributed by atoms with Gasteiger partial charge >= 0.3 is 7.12 Å². The Labute approximate surface area is 115 Å². The summed E-state index contributed by atoms with van der Waals surface area (Å²) in [6.07, 6.45) is 3.01. The molecule has 2 rings (SSSR count). The Morgan fingerprint density at radius 1 is 1.32 bits per heavy atom. The molecule has 0 spiro atoms. The van der Waals surface area contributed by atoms with E-state index >= 15 is 0 Å². The lowest BCUT2D eigenvalue weighted by Gasteiger charge is -2.23. The van der Waals surface area contributed by atoms with Crippen molar-refractivity contribution < 1.29 is 10.0 Å². The van der Waals surface area contributed by atoms with Crippen molar-refractivity contribution in [1.29, 1.82) is 0 Å². The van der Waals surface area contributed by atoms with Gasteiger partial charge in [-0.1, -0.05) is 13.8 Å². The minimum Gasteiger partial charge on any atom is -0.423 e.